The minimum atomic E-state index is -3.86. The molecule has 0 aliphatic carbocycles. The first-order valence-electron chi connectivity index (χ1n) is 8.30. The summed E-state index contributed by atoms with van der Waals surface area (Å²) in [5.41, 5.74) is 1.30. The SMILES string of the molecule is COc1ccc(OC)c(NC(=O)c2ccc(S(=O)(=O)c3ccc(C)cc3)o2)c1. The lowest BCUT2D eigenvalue weighted by Crippen LogP contribution is -2.12. The lowest BCUT2D eigenvalue weighted by Gasteiger charge is -2.10. The molecular weight excluding hydrogens is 382 g/mol. The van der Waals surface area contributed by atoms with Crippen LogP contribution in [0.1, 0.15) is 16.1 Å². The number of anilines is 1. The zero-order valence-electron chi connectivity index (χ0n) is 15.6. The Balaban J connectivity index is 1.86. The Morgan fingerprint density at radius 3 is 2.32 bits per heavy atom. The largest absolute Gasteiger partial charge is 0.497 e. The molecule has 0 spiro atoms. The number of sulfone groups is 1. The lowest BCUT2D eigenvalue weighted by atomic mass is 10.2. The molecule has 28 heavy (non-hydrogen) atoms. The highest BCUT2D eigenvalue weighted by molar-refractivity contribution is 7.91. The Morgan fingerprint density at radius 1 is 0.964 bits per heavy atom. The van der Waals surface area contributed by atoms with Crippen molar-refractivity contribution in [3.63, 3.8) is 0 Å². The summed E-state index contributed by atoms with van der Waals surface area (Å²) in [6, 6.07) is 13.9. The van der Waals surface area contributed by atoms with Crippen molar-refractivity contribution in [1.82, 2.24) is 0 Å². The van der Waals surface area contributed by atoms with Gasteiger partial charge < -0.3 is 19.2 Å². The third-order valence-electron chi connectivity index (χ3n) is 4.06. The molecule has 8 heteroatoms. The summed E-state index contributed by atoms with van der Waals surface area (Å²) in [5, 5.41) is 2.33. The van der Waals surface area contributed by atoms with E-state index < -0.39 is 15.7 Å². The number of aryl methyl sites for hydroxylation is 1. The first-order chi connectivity index (χ1) is 13.3. The van der Waals surface area contributed by atoms with Gasteiger partial charge in [0.25, 0.3) is 5.91 Å². The van der Waals surface area contributed by atoms with Gasteiger partial charge >= 0.3 is 0 Å². The van der Waals surface area contributed by atoms with Crippen LogP contribution < -0.4 is 14.8 Å². The lowest BCUT2D eigenvalue weighted by molar-refractivity contribution is 0.0991. The highest BCUT2D eigenvalue weighted by atomic mass is 32.2. The highest BCUT2D eigenvalue weighted by Gasteiger charge is 2.24. The summed E-state index contributed by atoms with van der Waals surface area (Å²) in [6.45, 7) is 1.86. The summed E-state index contributed by atoms with van der Waals surface area (Å²) in [5.74, 6) is 0.193. The first-order valence-corrected chi connectivity index (χ1v) is 9.78. The molecule has 0 saturated carbocycles. The van der Waals surface area contributed by atoms with Gasteiger partial charge in [-0.05, 0) is 43.3 Å². The average molecular weight is 401 g/mol. The second-order valence-corrected chi connectivity index (χ2v) is 7.84. The molecule has 0 atom stereocenters. The molecule has 3 rings (SSSR count). The fourth-order valence-electron chi connectivity index (χ4n) is 2.52. The number of rotatable bonds is 6. The van der Waals surface area contributed by atoms with E-state index in [0.717, 1.165) is 5.56 Å². The molecule has 0 aliphatic rings. The number of furan rings is 1. The number of methoxy groups -OCH3 is 2. The zero-order valence-corrected chi connectivity index (χ0v) is 16.4. The van der Waals surface area contributed by atoms with E-state index in [1.54, 1.807) is 30.3 Å². The van der Waals surface area contributed by atoms with E-state index in [9.17, 15) is 13.2 Å². The fraction of sp³-hybridized carbons (Fsp3) is 0.150. The standard InChI is InChI=1S/C20H19NO6S/c1-13-4-7-15(8-5-13)28(23,24)19-11-10-18(27-19)20(22)21-16-12-14(25-2)6-9-17(16)26-3/h4-12H,1-3H3,(H,21,22). The Labute approximate surface area is 162 Å². The van der Waals surface area contributed by atoms with Crippen LogP contribution >= 0.6 is 0 Å². The number of hydrogen-bond donors (Lipinski definition) is 1. The van der Waals surface area contributed by atoms with Gasteiger partial charge in [0.05, 0.1) is 24.8 Å². The van der Waals surface area contributed by atoms with Crippen molar-refractivity contribution < 1.29 is 27.1 Å². The van der Waals surface area contributed by atoms with Gasteiger partial charge in [-0.1, -0.05) is 17.7 Å². The van der Waals surface area contributed by atoms with Gasteiger partial charge in [-0.25, -0.2) is 8.42 Å². The Kier molecular flexibility index (Phi) is 5.41. The van der Waals surface area contributed by atoms with Gasteiger partial charge in [-0.2, -0.15) is 0 Å². The van der Waals surface area contributed by atoms with E-state index in [1.165, 1.54) is 38.5 Å². The van der Waals surface area contributed by atoms with Crippen LogP contribution in [0.4, 0.5) is 5.69 Å². The quantitative estimate of drug-likeness (QED) is 0.677. The summed E-state index contributed by atoms with van der Waals surface area (Å²) in [6.07, 6.45) is 0. The molecular formula is C20H19NO6S. The predicted molar refractivity (Wildman–Crippen MR) is 103 cm³/mol. The molecule has 1 N–H and O–H groups in total. The third kappa shape index (κ3) is 3.86. The van der Waals surface area contributed by atoms with Gasteiger partial charge in [0.15, 0.2) is 5.76 Å². The van der Waals surface area contributed by atoms with E-state index >= 15 is 0 Å². The summed E-state index contributed by atoms with van der Waals surface area (Å²) in [4.78, 5) is 12.6. The number of hydrogen-bond acceptors (Lipinski definition) is 6. The van der Waals surface area contributed by atoms with Crippen molar-refractivity contribution in [3.05, 3.63) is 65.9 Å². The van der Waals surface area contributed by atoms with E-state index in [1.807, 2.05) is 6.92 Å². The number of nitrogens with one attached hydrogen (secondary N) is 1. The van der Waals surface area contributed by atoms with Crippen molar-refractivity contribution in [2.75, 3.05) is 19.5 Å². The Morgan fingerprint density at radius 2 is 1.68 bits per heavy atom. The van der Waals surface area contributed by atoms with Crippen LogP contribution in [0.15, 0.2) is 69.0 Å². The van der Waals surface area contributed by atoms with Crippen LogP contribution in [0.25, 0.3) is 0 Å². The van der Waals surface area contributed by atoms with Crippen LogP contribution in [-0.4, -0.2) is 28.5 Å². The van der Waals surface area contributed by atoms with Crippen LogP contribution in [0.5, 0.6) is 11.5 Å². The van der Waals surface area contributed by atoms with E-state index in [0.29, 0.717) is 17.2 Å². The van der Waals surface area contributed by atoms with Crippen LogP contribution in [0.3, 0.4) is 0 Å². The van der Waals surface area contributed by atoms with Gasteiger partial charge in [0, 0.05) is 6.07 Å². The van der Waals surface area contributed by atoms with Crippen LogP contribution in [-0.2, 0) is 9.84 Å². The zero-order chi connectivity index (χ0) is 20.3. The molecule has 0 fully saturated rings. The third-order valence-corrected chi connectivity index (χ3v) is 5.70. The molecule has 3 aromatic rings. The smallest absolute Gasteiger partial charge is 0.291 e. The van der Waals surface area contributed by atoms with Crippen LogP contribution in [0, 0.1) is 6.92 Å². The first kappa shape index (κ1) is 19.5. The second kappa shape index (κ2) is 7.77. The van der Waals surface area contributed by atoms with Crippen molar-refractivity contribution in [2.24, 2.45) is 0 Å². The number of carbonyl (C=O) groups is 1. The maximum atomic E-state index is 12.7. The van der Waals surface area contributed by atoms with E-state index in [2.05, 4.69) is 5.32 Å². The highest BCUT2D eigenvalue weighted by Crippen LogP contribution is 2.30. The molecule has 1 heterocycles. The normalized spacial score (nSPS) is 11.1. The summed E-state index contributed by atoms with van der Waals surface area (Å²) < 4.78 is 41.0. The molecule has 0 aliphatic heterocycles. The molecule has 0 radical (unpaired) electrons. The van der Waals surface area contributed by atoms with Gasteiger partial charge in [0.1, 0.15) is 11.5 Å². The summed E-state index contributed by atoms with van der Waals surface area (Å²) in [7, 11) is -0.885. The predicted octanol–water partition coefficient (Wildman–Crippen LogP) is 3.69. The number of amides is 1. The summed E-state index contributed by atoms with van der Waals surface area (Å²) >= 11 is 0. The second-order valence-electron chi connectivity index (χ2n) is 5.96. The number of ether oxygens (including phenoxy) is 2. The molecule has 0 bridgehead atoms. The Bertz CT molecular complexity index is 1100. The molecule has 2 aromatic carbocycles. The monoisotopic (exact) mass is 401 g/mol. The van der Waals surface area contributed by atoms with Gasteiger partial charge in [-0.3, -0.25) is 4.79 Å². The Hall–Kier alpha value is -3.26. The van der Waals surface area contributed by atoms with Crippen LogP contribution in [0.2, 0.25) is 0 Å². The molecule has 0 unspecified atom stereocenters. The number of benzene rings is 2. The molecule has 1 aromatic heterocycles. The molecule has 7 nitrogen and oxygen atoms in total. The maximum absolute atomic E-state index is 12.7. The topological polar surface area (TPSA) is 94.8 Å². The van der Waals surface area contributed by atoms with Crippen molar-refractivity contribution >= 4 is 21.4 Å². The average Bonchev–Trinajstić information content (AvgIpc) is 3.19. The van der Waals surface area contributed by atoms with E-state index in [4.69, 9.17) is 13.9 Å². The maximum Gasteiger partial charge on any atom is 0.291 e. The molecule has 146 valence electrons. The van der Waals surface area contributed by atoms with Crippen molar-refractivity contribution in [1.29, 1.82) is 0 Å². The van der Waals surface area contributed by atoms with E-state index in [-0.39, 0.29) is 15.7 Å². The molecule has 0 saturated heterocycles. The minimum absolute atomic E-state index is 0.0915. The molecule has 1 amide bonds. The number of carbonyl (C=O) groups excluding carboxylic acids is 1. The van der Waals surface area contributed by atoms with Gasteiger partial charge in [-0.15, -0.1) is 0 Å². The van der Waals surface area contributed by atoms with Crippen molar-refractivity contribution in [2.45, 2.75) is 16.9 Å². The minimum Gasteiger partial charge on any atom is -0.497 e. The fourth-order valence-corrected chi connectivity index (χ4v) is 3.69. The van der Waals surface area contributed by atoms with Gasteiger partial charge in [0.2, 0.25) is 14.9 Å². The van der Waals surface area contributed by atoms with Crippen molar-refractivity contribution in [3.8, 4) is 11.5 Å².